The van der Waals surface area contributed by atoms with E-state index in [9.17, 15) is 14.7 Å². The van der Waals surface area contributed by atoms with Crippen LogP contribution in [0.4, 0.5) is 0 Å². The second-order valence-corrected chi connectivity index (χ2v) is 4.23. The highest BCUT2D eigenvalue weighted by Gasteiger charge is 2.17. The van der Waals surface area contributed by atoms with Gasteiger partial charge in [0.1, 0.15) is 5.78 Å². The Morgan fingerprint density at radius 2 is 2.06 bits per heavy atom. The first kappa shape index (κ1) is 14.4. The lowest BCUT2D eigenvalue weighted by Crippen LogP contribution is -2.12. The van der Waals surface area contributed by atoms with Crippen LogP contribution in [0, 0.1) is 11.3 Å². The summed E-state index contributed by atoms with van der Waals surface area (Å²) < 4.78 is 0. The van der Waals surface area contributed by atoms with Crippen molar-refractivity contribution in [1.82, 2.24) is 0 Å². The van der Waals surface area contributed by atoms with E-state index in [1.807, 2.05) is 6.07 Å². The van der Waals surface area contributed by atoms with E-state index in [-0.39, 0.29) is 28.7 Å². The number of Topliss-reactive ketones (excluding diaryl/α,β-unsaturated/α-hetero) is 1. The van der Waals surface area contributed by atoms with Crippen LogP contribution in [0.25, 0.3) is 0 Å². The van der Waals surface area contributed by atoms with Gasteiger partial charge in [-0.2, -0.15) is 5.26 Å². The fourth-order valence-corrected chi connectivity index (χ4v) is 1.66. The normalized spacial score (nSPS) is 11.6. The highest BCUT2D eigenvalue weighted by atomic mass is 79.9. The topological polar surface area (TPSA) is 98.4 Å². The van der Waals surface area contributed by atoms with Crippen molar-refractivity contribution in [3.05, 3.63) is 34.9 Å². The summed E-state index contributed by atoms with van der Waals surface area (Å²) >= 11 is 3.02. The molecule has 1 rings (SSSR count). The van der Waals surface area contributed by atoms with Gasteiger partial charge < -0.3 is 10.2 Å². The van der Waals surface area contributed by atoms with E-state index in [1.54, 1.807) is 0 Å². The highest BCUT2D eigenvalue weighted by molar-refractivity contribution is 9.09. The van der Waals surface area contributed by atoms with E-state index in [2.05, 4.69) is 15.9 Å². The standard InChI is InChI=1S/C12H10BrNO4/c13-5-10(15)4-7-1-8(6-14)3-9(2-7)11(16)12(17)18/h1-3,11,16H,4-5H2,(H,17,18). The summed E-state index contributed by atoms with van der Waals surface area (Å²) in [6, 6.07) is 6.07. The Bertz CT molecular complexity index is 521. The molecule has 0 amide bonds. The molecule has 94 valence electrons. The molecule has 0 heterocycles. The van der Waals surface area contributed by atoms with Gasteiger partial charge in [0.2, 0.25) is 0 Å². The lowest BCUT2D eigenvalue weighted by atomic mass is 9.99. The van der Waals surface area contributed by atoms with Crippen LogP contribution in [0.3, 0.4) is 0 Å². The van der Waals surface area contributed by atoms with Crippen molar-refractivity contribution in [1.29, 1.82) is 5.26 Å². The smallest absolute Gasteiger partial charge is 0.337 e. The minimum Gasteiger partial charge on any atom is -0.479 e. The molecule has 18 heavy (non-hydrogen) atoms. The molecule has 0 aromatic heterocycles. The van der Waals surface area contributed by atoms with E-state index in [0.29, 0.717) is 5.56 Å². The van der Waals surface area contributed by atoms with Crippen LogP contribution in [0.15, 0.2) is 18.2 Å². The number of ketones is 1. The number of hydrogen-bond acceptors (Lipinski definition) is 4. The summed E-state index contributed by atoms with van der Waals surface area (Å²) in [7, 11) is 0. The zero-order valence-electron chi connectivity index (χ0n) is 9.26. The van der Waals surface area contributed by atoms with Gasteiger partial charge in [0, 0.05) is 6.42 Å². The second-order valence-electron chi connectivity index (χ2n) is 3.66. The zero-order chi connectivity index (χ0) is 13.7. The van der Waals surface area contributed by atoms with E-state index in [0.717, 1.165) is 0 Å². The average Bonchev–Trinajstić information content (AvgIpc) is 2.36. The van der Waals surface area contributed by atoms with Gasteiger partial charge in [-0.25, -0.2) is 4.79 Å². The van der Waals surface area contributed by atoms with Crippen molar-refractivity contribution in [3.63, 3.8) is 0 Å². The first-order valence-corrected chi connectivity index (χ1v) is 6.12. The van der Waals surface area contributed by atoms with Gasteiger partial charge in [0.05, 0.1) is 17.0 Å². The molecule has 0 aliphatic heterocycles. The van der Waals surface area contributed by atoms with Gasteiger partial charge in [-0.3, -0.25) is 4.79 Å². The molecule has 0 bridgehead atoms. The number of aliphatic hydroxyl groups is 1. The minimum absolute atomic E-state index is 0.0834. The van der Waals surface area contributed by atoms with Gasteiger partial charge >= 0.3 is 5.97 Å². The molecule has 0 radical (unpaired) electrons. The van der Waals surface area contributed by atoms with Crippen LogP contribution in [0.1, 0.15) is 22.8 Å². The predicted molar refractivity (Wildman–Crippen MR) is 66.3 cm³/mol. The van der Waals surface area contributed by atoms with E-state index < -0.39 is 12.1 Å². The first-order chi connectivity index (χ1) is 8.47. The number of benzene rings is 1. The summed E-state index contributed by atoms with van der Waals surface area (Å²) in [6.45, 7) is 0. The van der Waals surface area contributed by atoms with E-state index in [1.165, 1.54) is 18.2 Å². The number of rotatable bonds is 5. The van der Waals surface area contributed by atoms with Crippen molar-refractivity contribution in [2.75, 3.05) is 5.33 Å². The Labute approximate surface area is 112 Å². The average molecular weight is 312 g/mol. The van der Waals surface area contributed by atoms with Crippen molar-refractivity contribution in [2.24, 2.45) is 0 Å². The number of carbonyl (C=O) groups excluding carboxylic acids is 1. The number of alkyl halides is 1. The summed E-state index contributed by atoms with van der Waals surface area (Å²) in [5.74, 6) is -1.50. The fourth-order valence-electron chi connectivity index (χ4n) is 1.46. The fraction of sp³-hybridized carbons (Fsp3) is 0.250. The highest BCUT2D eigenvalue weighted by Crippen LogP contribution is 2.18. The maximum Gasteiger partial charge on any atom is 0.337 e. The van der Waals surface area contributed by atoms with Gasteiger partial charge in [-0.05, 0) is 23.3 Å². The number of aliphatic carboxylic acids is 1. The maximum atomic E-state index is 11.3. The van der Waals surface area contributed by atoms with Crippen molar-refractivity contribution >= 4 is 27.7 Å². The molecule has 1 aromatic carbocycles. The number of aliphatic hydroxyl groups excluding tert-OH is 1. The van der Waals surface area contributed by atoms with Crippen molar-refractivity contribution in [2.45, 2.75) is 12.5 Å². The SMILES string of the molecule is N#Cc1cc(CC(=O)CBr)cc(C(O)C(=O)O)c1. The van der Waals surface area contributed by atoms with Crippen LogP contribution >= 0.6 is 15.9 Å². The van der Waals surface area contributed by atoms with Crippen LogP contribution in [-0.4, -0.2) is 27.3 Å². The molecule has 0 saturated carbocycles. The Morgan fingerprint density at radius 3 is 2.56 bits per heavy atom. The van der Waals surface area contributed by atoms with Crippen LogP contribution in [-0.2, 0) is 16.0 Å². The molecule has 5 nitrogen and oxygen atoms in total. The molecule has 0 aliphatic carbocycles. The van der Waals surface area contributed by atoms with Crippen LogP contribution in [0.2, 0.25) is 0 Å². The molecule has 0 saturated heterocycles. The van der Waals surface area contributed by atoms with Gasteiger partial charge in [-0.15, -0.1) is 0 Å². The van der Waals surface area contributed by atoms with Crippen LogP contribution < -0.4 is 0 Å². The molecular formula is C12H10BrNO4. The first-order valence-electron chi connectivity index (χ1n) is 5.00. The third-order valence-electron chi connectivity index (χ3n) is 2.24. The number of carboxylic acid groups (broad SMARTS) is 1. The number of carbonyl (C=O) groups is 2. The Kier molecular flexibility index (Phi) is 5.01. The molecule has 0 aliphatic rings. The lowest BCUT2D eigenvalue weighted by molar-refractivity contribution is -0.146. The third-order valence-corrected chi connectivity index (χ3v) is 2.87. The monoisotopic (exact) mass is 311 g/mol. The quantitative estimate of drug-likeness (QED) is 0.796. The Balaban J connectivity index is 3.14. The van der Waals surface area contributed by atoms with E-state index in [4.69, 9.17) is 10.4 Å². The van der Waals surface area contributed by atoms with Crippen molar-refractivity contribution < 1.29 is 19.8 Å². The Hall–Kier alpha value is -1.71. The molecule has 0 spiro atoms. The molecule has 1 unspecified atom stereocenters. The molecule has 0 fully saturated rings. The van der Waals surface area contributed by atoms with E-state index >= 15 is 0 Å². The molecule has 1 atom stereocenters. The van der Waals surface area contributed by atoms with Gasteiger partial charge in [0.25, 0.3) is 0 Å². The lowest BCUT2D eigenvalue weighted by Gasteiger charge is -2.08. The second kappa shape index (κ2) is 6.28. The summed E-state index contributed by atoms with van der Waals surface area (Å²) in [6.07, 6.45) is -1.61. The maximum absolute atomic E-state index is 11.3. The number of halogens is 1. The molecule has 2 N–H and O–H groups in total. The number of hydrogen-bond donors (Lipinski definition) is 2. The molecule has 1 aromatic rings. The predicted octanol–water partition coefficient (Wildman–Crippen LogP) is 1.18. The van der Waals surface area contributed by atoms with Gasteiger partial charge in [0.15, 0.2) is 6.10 Å². The minimum atomic E-state index is -1.70. The molecular weight excluding hydrogens is 302 g/mol. The van der Waals surface area contributed by atoms with Gasteiger partial charge in [-0.1, -0.05) is 22.0 Å². The summed E-state index contributed by atoms with van der Waals surface area (Å²) in [5.41, 5.74) is 0.817. The van der Waals surface area contributed by atoms with Crippen molar-refractivity contribution in [3.8, 4) is 6.07 Å². The largest absolute Gasteiger partial charge is 0.479 e. The zero-order valence-corrected chi connectivity index (χ0v) is 10.8. The number of nitrogens with zero attached hydrogens (tertiary/aromatic N) is 1. The Morgan fingerprint density at radius 1 is 1.39 bits per heavy atom. The summed E-state index contributed by atoms with van der Waals surface area (Å²) in [4.78, 5) is 22.0. The molecule has 6 heteroatoms. The third kappa shape index (κ3) is 3.65. The number of nitriles is 1. The van der Waals surface area contributed by atoms with Crippen LogP contribution in [0.5, 0.6) is 0 Å². The number of carboxylic acids is 1. The summed E-state index contributed by atoms with van der Waals surface area (Å²) in [5, 5.41) is 27.1.